The third-order valence-corrected chi connectivity index (χ3v) is 4.04. The maximum atomic E-state index is 12.0. The van der Waals surface area contributed by atoms with E-state index in [9.17, 15) is 14.4 Å². The average molecular weight is 381 g/mol. The molecule has 2 aromatic heterocycles. The largest absolute Gasteiger partial charge is 0.463 e. The molecule has 27 heavy (non-hydrogen) atoms. The predicted molar refractivity (Wildman–Crippen MR) is 89.5 cm³/mol. The van der Waals surface area contributed by atoms with Gasteiger partial charge in [0.15, 0.2) is 23.5 Å². The van der Waals surface area contributed by atoms with Gasteiger partial charge in [-0.05, 0) is 0 Å². The third-order valence-electron chi connectivity index (χ3n) is 4.04. The molecule has 0 bridgehead atoms. The number of anilines is 1. The Morgan fingerprint density at radius 3 is 2.70 bits per heavy atom. The molecule has 3 heterocycles. The fourth-order valence-corrected chi connectivity index (χ4v) is 2.98. The van der Waals surface area contributed by atoms with E-state index in [1.165, 1.54) is 31.9 Å². The molecular weight excluding hydrogens is 362 g/mol. The summed E-state index contributed by atoms with van der Waals surface area (Å²) in [5.41, 5.74) is 5.35. The van der Waals surface area contributed by atoms with Crippen LogP contribution in [-0.2, 0) is 28.5 Å². The molecule has 0 aromatic carbocycles. The molecule has 3 rings (SSSR count). The maximum absolute atomic E-state index is 12.0. The number of H-pyrrole nitrogens is 1. The van der Waals surface area contributed by atoms with E-state index in [1.54, 1.807) is 0 Å². The van der Waals surface area contributed by atoms with Crippen LogP contribution in [0.3, 0.4) is 0 Å². The van der Waals surface area contributed by atoms with Crippen molar-refractivity contribution in [2.24, 2.45) is 0 Å². The molecule has 0 radical (unpaired) electrons. The van der Waals surface area contributed by atoms with Crippen LogP contribution in [0.2, 0.25) is 0 Å². The molecule has 4 atom stereocenters. The van der Waals surface area contributed by atoms with Gasteiger partial charge in [0.2, 0.25) is 5.95 Å². The van der Waals surface area contributed by atoms with Crippen molar-refractivity contribution in [3.8, 4) is 0 Å². The van der Waals surface area contributed by atoms with Gasteiger partial charge in [-0.2, -0.15) is 4.98 Å². The molecule has 0 amide bonds. The quantitative estimate of drug-likeness (QED) is 0.621. The third kappa shape index (κ3) is 3.61. The Bertz CT molecular complexity index is 923. The highest BCUT2D eigenvalue weighted by molar-refractivity contribution is 5.70. The van der Waals surface area contributed by atoms with Crippen molar-refractivity contribution < 1.29 is 28.5 Å². The van der Waals surface area contributed by atoms with E-state index in [0.29, 0.717) is 0 Å². The lowest BCUT2D eigenvalue weighted by Gasteiger charge is -2.22. The molecular formula is C15H19N5O7. The number of nitrogens with two attached hydrogens (primary N) is 1. The Morgan fingerprint density at radius 2 is 2.07 bits per heavy atom. The Labute approximate surface area is 152 Å². The van der Waals surface area contributed by atoms with Gasteiger partial charge in [-0.15, -0.1) is 0 Å². The van der Waals surface area contributed by atoms with Crippen molar-refractivity contribution in [3.05, 3.63) is 16.7 Å². The molecule has 1 saturated heterocycles. The molecule has 146 valence electrons. The summed E-state index contributed by atoms with van der Waals surface area (Å²) in [6, 6.07) is 0. The van der Waals surface area contributed by atoms with Crippen molar-refractivity contribution in [2.45, 2.75) is 38.4 Å². The second kappa shape index (κ2) is 7.32. The topological polar surface area (TPSA) is 161 Å². The van der Waals surface area contributed by atoms with E-state index in [0.717, 1.165) is 0 Å². The SMILES string of the molecule is CO[C@H]1C(OC(C)=O)[C@@H](COC(C)=O)O[C@H]1n1cnc2c(=O)[nH]c(N)nc21. The van der Waals surface area contributed by atoms with E-state index in [4.69, 9.17) is 24.7 Å². The number of methoxy groups -OCH3 is 1. The lowest BCUT2D eigenvalue weighted by atomic mass is 10.1. The van der Waals surface area contributed by atoms with Gasteiger partial charge in [0.25, 0.3) is 5.56 Å². The molecule has 2 aromatic rings. The summed E-state index contributed by atoms with van der Waals surface area (Å²) in [5, 5.41) is 0. The van der Waals surface area contributed by atoms with Gasteiger partial charge >= 0.3 is 11.9 Å². The van der Waals surface area contributed by atoms with Crippen molar-refractivity contribution >= 4 is 29.1 Å². The van der Waals surface area contributed by atoms with E-state index in [1.807, 2.05) is 0 Å². The monoisotopic (exact) mass is 381 g/mol. The molecule has 1 fully saturated rings. The van der Waals surface area contributed by atoms with Crippen molar-refractivity contribution in [3.63, 3.8) is 0 Å². The number of nitrogens with zero attached hydrogens (tertiary/aromatic N) is 3. The summed E-state index contributed by atoms with van der Waals surface area (Å²) >= 11 is 0. The Kier molecular flexibility index (Phi) is 5.10. The van der Waals surface area contributed by atoms with Crippen LogP contribution in [0.25, 0.3) is 11.2 Å². The van der Waals surface area contributed by atoms with Crippen LogP contribution in [-0.4, -0.2) is 63.5 Å². The van der Waals surface area contributed by atoms with Crippen LogP contribution in [0.15, 0.2) is 11.1 Å². The van der Waals surface area contributed by atoms with Gasteiger partial charge < -0.3 is 24.7 Å². The number of hydrogen-bond donors (Lipinski definition) is 2. The smallest absolute Gasteiger partial charge is 0.303 e. The highest BCUT2D eigenvalue weighted by atomic mass is 16.6. The molecule has 1 aliphatic heterocycles. The number of carbonyl (C=O) groups is 2. The second-order valence-electron chi connectivity index (χ2n) is 5.92. The normalized spacial score (nSPS) is 24.9. The summed E-state index contributed by atoms with van der Waals surface area (Å²) < 4.78 is 23.2. The van der Waals surface area contributed by atoms with Crippen molar-refractivity contribution in [1.29, 1.82) is 0 Å². The number of fused-ring (bicyclic) bond motifs is 1. The van der Waals surface area contributed by atoms with E-state index < -0.39 is 42.0 Å². The van der Waals surface area contributed by atoms with Crippen molar-refractivity contribution in [2.75, 3.05) is 19.5 Å². The minimum atomic E-state index is -0.853. The molecule has 0 spiro atoms. The zero-order chi connectivity index (χ0) is 19.7. The number of carbonyl (C=O) groups excluding carboxylic acids is 2. The molecule has 1 unspecified atom stereocenters. The zero-order valence-electron chi connectivity index (χ0n) is 14.9. The first-order chi connectivity index (χ1) is 12.8. The average Bonchev–Trinajstić information content (AvgIpc) is 3.13. The van der Waals surface area contributed by atoms with Crippen molar-refractivity contribution in [1.82, 2.24) is 19.5 Å². The van der Waals surface area contributed by atoms with Crippen LogP contribution in [0.5, 0.6) is 0 Å². The predicted octanol–water partition coefficient (Wildman–Crippen LogP) is -0.891. The highest BCUT2D eigenvalue weighted by Crippen LogP contribution is 2.35. The van der Waals surface area contributed by atoms with E-state index in [2.05, 4.69) is 15.0 Å². The lowest BCUT2D eigenvalue weighted by Crippen LogP contribution is -2.39. The number of nitrogens with one attached hydrogen (secondary N) is 1. The van der Waals surface area contributed by atoms with Crippen LogP contribution < -0.4 is 11.3 Å². The Hall–Kier alpha value is -2.99. The molecule has 0 saturated carbocycles. The van der Waals surface area contributed by atoms with Gasteiger partial charge in [-0.25, -0.2) is 4.98 Å². The minimum absolute atomic E-state index is 0.0649. The Balaban J connectivity index is 2.00. The number of aromatic nitrogens is 4. The first-order valence-electron chi connectivity index (χ1n) is 8.03. The van der Waals surface area contributed by atoms with Crippen LogP contribution in [0.1, 0.15) is 20.1 Å². The standard InChI is InChI=1S/C15H19N5O7/c1-6(21)25-4-8-10(26-7(2)22)11(24-3)14(27-8)20-5-17-9-12(20)18-15(16)19-13(9)23/h5,8,10-11,14H,4H2,1-3H3,(H3,16,18,19,23)/t8-,10?,11+,14-/m1/s1. The number of nitrogen functional groups attached to an aromatic ring is 1. The molecule has 12 heteroatoms. The molecule has 1 aliphatic rings. The first kappa shape index (κ1) is 18.8. The summed E-state index contributed by atoms with van der Waals surface area (Å²) in [5.74, 6) is -1.14. The van der Waals surface area contributed by atoms with E-state index in [-0.39, 0.29) is 23.7 Å². The van der Waals surface area contributed by atoms with Crippen LogP contribution >= 0.6 is 0 Å². The lowest BCUT2D eigenvalue weighted by molar-refractivity contribution is -0.157. The number of esters is 2. The molecule has 12 nitrogen and oxygen atoms in total. The van der Waals surface area contributed by atoms with Gasteiger partial charge in [-0.3, -0.25) is 23.9 Å². The fraction of sp³-hybridized carbons (Fsp3) is 0.533. The summed E-state index contributed by atoms with van der Waals surface area (Å²) in [6.45, 7) is 2.35. The Morgan fingerprint density at radius 1 is 1.33 bits per heavy atom. The van der Waals surface area contributed by atoms with Gasteiger partial charge in [0, 0.05) is 21.0 Å². The summed E-state index contributed by atoms with van der Waals surface area (Å²) in [6.07, 6.45) is -1.91. The summed E-state index contributed by atoms with van der Waals surface area (Å²) in [7, 11) is 1.42. The highest BCUT2D eigenvalue weighted by Gasteiger charge is 2.49. The number of aromatic amines is 1. The minimum Gasteiger partial charge on any atom is -0.463 e. The molecule has 3 N–H and O–H groups in total. The van der Waals surface area contributed by atoms with Crippen LogP contribution in [0, 0.1) is 0 Å². The second-order valence-corrected chi connectivity index (χ2v) is 5.92. The van der Waals surface area contributed by atoms with Gasteiger partial charge in [-0.1, -0.05) is 0 Å². The number of imidazole rings is 1. The zero-order valence-corrected chi connectivity index (χ0v) is 14.9. The fourth-order valence-electron chi connectivity index (χ4n) is 2.98. The summed E-state index contributed by atoms with van der Waals surface area (Å²) in [4.78, 5) is 45.1. The van der Waals surface area contributed by atoms with Gasteiger partial charge in [0.1, 0.15) is 18.8 Å². The molecule has 0 aliphatic carbocycles. The maximum Gasteiger partial charge on any atom is 0.303 e. The van der Waals surface area contributed by atoms with E-state index >= 15 is 0 Å². The number of ether oxygens (including phenoxy) is 4. The number of hydrogen-bond acceptors (Lipinski definition) is 10. The first-order valence-corrected chi connectivity index (χ1v) is 8.03. The van der Waals surface area contributed by atoms with Gasteiger partial charge in [0.05, 0.1) is 6.33 Å². The van der Waals surface area contributed by atoms with Crippen LogP contribution in [0.4, 0.5) is 5.95 Å². The number of rotatable bonds is 5.